The average molecular weight is 451 g/mol. The number of carbonyl (C=O) groups excluding carboxylic acids is 1. The van der Waals surface area contributed by atoms with Gasteiger partial charge in [0.25, 0.3) is 0 Å². The van der Waals surface area contributed by atoms with Crippen LogP contribution in [0.5, 0.6) is 11.6 Å². The van der Waals surface area contributed by atoms with Crippen molar-refractivity contribution in [3.05, 3.63) is 95.3 Å². The normalized spacial score (nSPS) is 14.8. The Labute approximate surface area is 196 Å². The van der Waals surface area contributed by atoms with Crippen LogP contribution in [0.15, 0.2) is 72.9 Å². The maximum Gasteiger partial charge on any atom is 0.222 e. The van der Waals surface area contributed by atoms with Crippen molar-refractivity contribution in [2.75, 3.05) is 0 Å². The second kappa shape index (κ2) is 8.09. The Kier molecular flexibility index (Phi) is 5.06. The van der Waals surface area contributed by atoms with Crippen LogP contribution >= 0.6 is 0 Å². The number of imidazole rings is 1. The van der Waals surface area contributed by atoms with Gasteiger partial charge in [-0.05, 0) is 67.9 Å². The molecule has 0 aliphatic carbocycles. The van der Waals surface area contributed by atoms with Gasteiger partial charge in [0.05, 0.1) is 17.2 Å². The van der Waals surface area contributed by atoms with E-state index in [2.05, 4.69) is 11.1 Å². The van der Waals surface area contributed by atoms with Crippen molar-refractivity contribution in [2.24, 2.45) is 0 Å². The largest absolute Gasteiger partial charge is 0.493 e. The molecule has 0 atom stereocenters. The molecule has 0 unspecified atom stereocenters. The SMILES string of the molecule is CC1(C)OC(c2ccc(C#N)cc2)=C(c2ccc(OCc3nc4ccccn4c3O)cc2)C1=O. The molecule has 0 amide bonds. The molecule has 0 fully saturated rings. The van der Waals surface area contributed by atoms with E-state index in [4.69, 9.17) is 14.7 Å². The second-order valence-electron chi connectivity index (χ2n) is 8.46. The summed E-state index contributed by atoms with van der Waals surface area (Å²) in [5, 5.41) is 19.4. The van der Waals surface area contributed by atoms with Crippen LogP contribution in [-0.2, 0) is 16.1 Å². The van der Waals surface area contributed by atoms with E-state index in [-0.39, 0.29) is 18.3 Å². The van der Waals surface area contributed by atoms with Gasteiger partial charge in [0.15, 0.2) is 5.60 Å². The molecule has 168 valence electrons. The van der Waals surface area contributed by atoms with E-state index < -0.39 is 5.60 Å². The van der Waals surface area contributed by atoms with Crippen molar-refractivity contribution >= 4 is 22.8 Å². The van der Waals surface area contributed by atoms with Crippen molar-refractivity contribution in [3.63, 3.8) is 0 Å². The molecule has 3 heterocycles. The number of benzene rings is 2. The van der Waals surface area contributed by atoms with E-state index in [0.29, 0.717) is 39.5 Å². The van der Waals surface area contributed by atoms with Crippen LogP contribution in [0.3, 0.4) is 0 Å². The molecule has 1 aliphatic heterocycles. The molecule has 5 rings (SSSR count). The number of ether oxygens (including phenoxy) is 2. The highest BCUT2D eigenvalue weighted by Gasteiger charge is 2.42. The van der Waals surface area contributed by atoms with Gasteiger partial charge in [-0.2, -0.15) is 5.26 Å². The van der Waals surface area contributed by atoms with Gasteiger partial charge >= 0.3 is 0 Å². The summed E-state index contributed by atoms with van der Waals surface area (Å²) in [5.74, 6) is 0.990. The van der Waals surface area contributed by atoms with Gasteiger partial charge < -0.3 is 14.6 Å². The number of Topliss-reactive ketones (excluding diaryl/α,β-unsaturated/α-hetero) is 1. The molecule has 0 bridgehead atoms. The number of rotatable bonds is 5. The minimum Gasteiger partial charge on any atom is -0.493 e. The summed E-state index contributed by atoms with van der Waals surface area (Å²) in [6.45, 7) is 3.58. The molecule has 34 heavy (non-hydrogen) atoms. The lowest BCUT2D eigenvalue weighted by molar-refractivity contribution is -0.125. The van der Waals surface area contributed by atoms with E-state index in [0.717, 1.165) is 5.56 Å². The first-order chi connectivity index (χ1) is 16.4. The number of nitriles is 1. The van der Waals surface area contributed by atoms with Gasteiger partial charge in [-0.15, -0.1) is 0 Å². The fourth-order valence-electron chi connectivity index (χ4n) is 3.92. The molecular weight excluding hydrogens is 430 g/mol. The standard InChI is InChI=1S/C27H21N3O4/c1-27(2)25(31)23(24(34-27)19-8-6-17(15-28)7-9-19)18-10-12-20(13-11-18)33-16-21-26(32)30-14-4-3-5-22(30)29-21/h3-14,32H,16H2,1-2H3. The fourth-order valence-corrected chi connectivity index (χ4v) is 3.92. The van der Waals surface area contributed by atoms with E-state index in [1.165, 1.54) is 0 Å². The quantitative estimate of drug-likeness (QED) is 0.471. The summed E-state index contributed by atoms with van der Waals surface area (Å²) in [7, 11) is 0. The molecule has 0 spiro atoms. The molecule has 2 aromatic carbocycles. The van der Waals surface area contributed by atoms with Gasteiger partial charge in [0, 0.05) is 11.8 Å². The van der Waals surface area contributed by atoms with Gasteiger partial charge in [0.2, 0.25) is 11.7 Å². The van der Waals surface area contributed by atoms with E-state index in [1.54, 1.807) is 79.0 Å². The first kappa shape index (κ1) is 21.3. The molecule has 1 N–H and O–H groups in total. The van der Waals surface area contributed by atoms with Crippen LogP contribution in [0.2, 0.25) is 0 Å². The summed E-state index contributed by atoms with van der Waals surface area (Å²) in [5.41, 5.74) is 2.54. The Morgan fingerprint density at radius 3 is 2.44 bits per heavy atom. The number of pyridine rings is 1. The minimum absolute atomic E-state index is 0.0420. The van der Waals surface area contributed by atoms with Crippen LogP contribution < -0.4 is 4.74 Å². The van der Waals surface area contributed by atoms with Crippen molar-refractivity contribution in [3.8, 4) is 17.7 Å². The number of fused-ring (bicyclic) bond motifs is 1. The Morgan fingerprint density at radius 1 is 1.06 bits per heavy atom. The first-order valence-electron chi connectivity index (χ1n) is 10.7. The lowest BCUT2D eigenvalue weighted by atomic mass is 9.92. The van der Waals surface area contributed by atoms with Crippen molar-refractivity contribution in [1.29, 1.82) is 5.26 Å². The van der Waals surface area contributed by atoms with Crippen molar-refractivity contribution in [2.45, 2.75) is 26.1 Å². The number of hydrogen-bond acceptors (Lipinski definition) is 6. The monoisotopic (exact) mass is 451 g/mol. The third-order valence-electron chi connectivity index (χ3n) is 5.73. The number of nitrogens with zero attached hydrogens (tertiary/aromatic N) is 3. The lowest BCUT2D eigenvalue weighted by Gasteiger charge is -2.17. The van der Waals surface area contributed by atoms with E-state index in [1.807, 2.05) is 12.1 Å². The molecule has 0 saturated carbocycles. The smallest absolute Gasteiger partial charge is 0.222 e. The predicted molar refractivity (Wildman–Crippen MR) is 126 cm³/mol. The highest BCUT2D eigenvalue weighted by molar-refractivity contribution is 6.32. The Morgan fingerprint density at radius 2 is 1.76 bits per heavy atom. The number of aromatic nitrogens is 2. The molecule has 4 aromatic rings. The minimum atomic E-state index is -0.992. The molecule has 0 saturated heterocycles. The third-order valence-corrected chi connectivity index (χ3v) is 5.73. The summed E-state index contributed by atoms with van der Waals surface area (Å²) < 4.78 is 13.5. The number of ketones is 1. The fraction of sp³-hybridized carbons (Fsp3) is 0.148. The molecule has 7 nitrogen and oxygen atoms in total. The predicted octanol–water partition coefficient (Wildman–Crippen LogP) is 4.74. The van der Waals surface area contributed by atoms with Crippen LogP contribution in [0.1, 0.15) is 36.2 Å². The zero-order valence-corrected chi connectivity index (χ0v) is 18.6. The van der Waals surface area contributed by atoms with Gasteiger partial charge in [-0.1, -0.05) is 18.2 Å². The van der Waals surface area contributed by atoms with Crippen LogP contribution in [0, 0.1) is 11.3 Å². The highest BCUT2D eigenvalue weighted by atomic mass is 16.5. The molecule has 7 heteroatoms. The first-order valence-corrected chi connectivity index (χ1v) is 10.7. The zero-order valence-electron chi connectivity index (χ0n) is 18.6. The van der Waals surface area contributed by atoms with Gasteiger partial charge in [-0.3, -0.25) is 9.20 Å². The number of aromatic hydroxyl groups is 1. The van der Waals surface area contributed by atoms with Crippen molar-refractivity contribution in [1.82, 2.24) is 9.38 Å². The van der Waals surface area contributed by atoms with Gasteiger partial charge in [-0.25, -0.2) is 4.98 Å². The van der Waals surface area contributed by atoms with E-state index >= 15 is 0 Å². The Hall–Kier alpha value is -4.57. The van der Waals surface area contributed by atoms with Crippen LogP contribution in [-0.4, -0.2) is 25.9 Å². The van der Waals surface area contributed by atoms with E-state index in [9.17, 15) is 9.90 Å². The zero-order chi connectivity index (χ0) is 23.9. The summed E-state index contributed by atoms with van der Waals surface area (Å²) in [6, 6.07) is 21.7. The van der Waals surface area contributed by atoms with Crippen LogP contribution in [0.4, 0.5) is 0 Å². The molecule has 1 aliphatic rings. The second-order valence-corrected chi connectivity index (χ2v) is 8.46. The molecular formula is C27H21N3O4. The maximum atomic E-state index is 13.1. The lowest BCUT2D eigenvalue weighted by Crippen LogP contribution is -2.29. The summed E-state index contributed by atoms with van der Waals surface area (Å²) in [6.07, 6.45) is 1.73. The van der Waals surface area contributed by atoms with Crippen molar-refractivity contribution < 1.29 is 19.4 Å². The number of hydrogen-bond donors (Lipinski definition) is 1. The maximum absolute atomic E-state index is 13.1. The Bertz CT molecular complexity index is 1470. The highest BCUT2D eigenvalue weighted by Crippen LogP contribution is 2.41. The topological polar surface area (TPSA) is 96.8 Å². The number of carbonyl (C=O) groups is 1. The molecule has 0 radical (unpaired) electrons. The van der Waals surface area contributed by atoms with Crippen LogP contribution in [0.25, 0.3) is 17.0 Å². The Balaban J connectivity index is 1.41. The summed E-state index contributed by atoms with van der Waals surface area (Å²) >= 11 is 0. The third kappa shape index (κ3) is 3.65. The van der Waals surface area contributed by atoms with Gasteiger partial charge in [0.1, 0.15) is 29.5 Å². The molecule has 2 aromatic heterocycles. The summed E-state index contributed by atoms with van der Waals surface area (Å²) in [4.78, 5) is 17.5. The average Bonchev–Trinajstić information content (AvgIpc) is 3.30.